The van der Waals surface area contributed by atoms with E-state index in [1.54, 1.807) is 0 Å². The highest BCUT2D eigenvalue weighted by atomic mass is 32.2. The lowest BCUT2D eigenvalue weighted by Crippen LogP contribution is -2.26. The molecule has 0 bridgehead atoms. The van der Waals surface area contributed by atoms with Crippen LogP contribution in [0, 0.1) is 0 Å². The van der Waals surface area contributed by atoms with Crippen LogP contribution in [0.2, 0.25) is 0 Å². The SMILES string of the molecule is O=C(CSc1ccccc1)NCCCO. The van der Waals surface area contributed by atoms with Gasteiger partial charge in [-0.05, 0) is 18.6 Å². The van der Waals surface area contributed by atoms with Gasteiger partial charge in [-0.1, -0.05) is 18.2 Å². The summed E-state index contributed by atoms with van der Waals surface area (Å²) in [5, 5.41) is 11.3. The number of carbonyl (C=O) groups excluding carboxylic acids is 1. The third-order valence-electron chi connectivity index (χ3n) is 1.77. The molecular weight excluding hydrogens is 210 g/mol. The number of amides is 1. The van der Waals surface area contributed by atoms with Crippen molar-refractivity contribution >= 4 is 17.7 Å². The van der Waals surface area contributed by atoms with E-state index >= 15 is 0 Å². The van der Waals surface area contributed by atoms with Gasteiger partial charge in [0.15, 0.2) is 0 Å². The maximum atomic E-state index is 11.3. The number of benzene rings is 1. The average Bonchev–Trinajstić information content (AvgIpc) is 2.28. The summed E-state index contributed by atoms with van der Waals surface area (Å²) in [6.07, 6.45) is 0.613. The third kappa shape index (κ3) is 5.44. The summed E-state index contributed by atoms with van der Waals surface area (Å²) >= 11 is 1.51. The molecule has 0 aliphatic carbocycles. The van der Waals surface area contributed by atoms with Gasteiger partial charge < -0.3 is 10.4 Å². The third-order valence-corrected chi connectivity index (χ3v) is 2.78. The molecule has 1 aromatic carbocycles. The molecule has 0 aliphatic rings. The summed E-state index contributed by atoms with van der Waals surface area (Å²) < 4.78 is 0. The van der Waals surface area contributed by atoms with E-state index in [-0.39, 0.29) is 12.5 Å². The zero-order valence-corrected chi connectivity index (χ0v) is 9.30. The quantitative estimate of drug-likeness (QED) is 0.566. The normalized spacial score (nSPS) is 9.93. The summed E-state index contributed by atoms with van der Waals surface area (Å²) in [6.45, 7) is 0.663. The molecule has 0 saturated carbocycles. The molecule has 82 valence electrons. The second-order valence-electron chi connectivity index (χ2n) is 3.03. The highest BCUT2D eigenvalue weighted by Gasteiger charge is 2.00. The van der Waals surface area contributed by atoms with Crippen LogP contribution in [-0.4, -0.2) is 29.9 Å². The molecule has 0 fully saturated rings. The number of carbonyl (C=O) groups is 1. The number of hydrogen-bond acceptors (Lipinski definition) is 3. The van der Waals surface area contributed by atoms with Gasteiger partial charge in [-0.25, -0.2) is 0 Å². The number of thioether (sulfide) groups is 1. The fraction of sp³-hybridized carbons (Fsp3) is 0.364. The molecule has 0 atom stereocenters. The Hall–Kier alpha value is -1.00. The first-order chi connectivity index (χ1) is 7.33. The number of nitrogens with one attached hydrogen (secondary N) is 1. The van der Waals surface area contributed by atoms with Crippen molar-refractivity contribution < 1.29 is 9.90 Å². The summed E-state index contributed by atoms with van der Waals surface area (Å²) in [4.78, 5) is 12.4. The molecule has 0 unspecified atom stereocenters. The van der Waals surface area contributed by atoms with Gasteiger partial charge in [-0.3, -0.25) is 4.79 Å². The summed E-state index contributed by atoms with van der Waals surface area (Å²) in [7, 11) is 0. The predicted molar refractivity (Wildman–Crippen MR) is 61.9 cm³/mol. The molecule has 15 heavy (non-hydrogen) atoms. The van der Waals surface area contributed by atoms with E-state index in [1.807, 2.05) is 30.3 Å². The molecule has 3 nitrogen and oxygen atoms in total. The van der Waals surface area contributed by atoms with E-state index in [9.17, 15) is 4.79 Å². The van der Waals surface area contributed by atoms with E-state index in [1.165, 1.54) is 11.8 Å². The van der Waals surface area contributed by atoms with Gasteiger partial charge in [0.05, 0.1) is 5.75 Å². The van der Waals surface area contributed by atoms with E-state index in [0.29, 0.717) is 18.7 Å². The first-order valence-electron chi connectivity index (χ1n) is 4.88. The Morgan fingerprint density at radius 3 is 2.73 bits per heavy atom. The molecule has 0 spiro atoms. The zero-order valence-electron chi connectivity index (χ0n) is 8.48. The molecule has 1 amide bonds. The van der Waals surface area contributed by atoms with Crippen LogP contribution in [0.1, 0.15) is 6.42 Å². The predicted octanol–water partition coefficient (Wildman–Crippen LogP) is 1.28. The molecule has 0 aliphatic heterocycles. The summed E-state index contributed by atoms with van der Waals surface area (Å²) in [5.74, 6) is 0.437. The zero-order chi connectivity index (χ0) is 10.9. The maximum absolute atomic E-state index is 11.3. The van der Waals surface area contributed by atoms with Gasteiger partial charge in [-0.15, -0.1) is 11.8 Å². The Labute approximate surface area is 93.9 Å². The van der Waals surface area contributed by atoms with E-state index in [2.05, 4.69) is 5.32 Å². The van der Waals surface area contributed by atoms with Gasteiger partial charge in [0.2, 0.25) is 5.91 Å². The van der Waals surface area contributed by atoms with Crippen LogP contribution >= 0.6 is 11.8 Å². The lowest BCUT2D eigenvalue weighted by molar-refractivity contribution is -0.118. The van der Waals surface area contributed by atoms with Crippen molar-refractivity contribution in [1.82, 2.24) is 5.32 Å². The van der Waals surface area contributed by atoms with Gasteiger partial charge in [0, 0.05) is 18.0 Å². The molecule has 4 heteroatoms. The Bertz CT molecular complexity index is 290. The van der Waals surface area contributed by atoms with Crippen molar-refractivity contribution in [2.75, 3.05) is 18.9 Å². The topological polar surface area (TPSA) is 49.3 Å². The fourth-order valence-electron chi connectivity index (χ4n) is 1.02. The molecule has 2 N–H and O–H groups in total. The monoisotopic (exact) mass is 225 g/mol. The van der Waals surface area contributed by atoms with Gasteiger partial charge >= 0.3 is 0 Å². The van der Waals surface area contributed by atoms with Crippen LogP contribution in [0.15, 0.2) is 35.2 Å². The second kappa shape index (κ2) is 7.31. The van der Waals surface area contributed by atoms with E-state index in [4.69, 9.17) is 5.11 Å². The van der Waals surface area contributed by atoms with E-state index in [0.717, 1.165) is 4.90 Å². The van der Waals surface area contributed by atoms with E-state index < -0.39 is 0 Å². The van der Waals surface area contributed by atoms with Crippen molar-refractivity contribution in [1.29, 1.82) is 0 Å². The number of hydrogen-bond donors (Lipinski definition) is 2. The first kappa shape index (κ1) is 12.1. The van der Waals surface area contributed by atoms with Crippen molar-refractivity contribution in [3.05, 3.63) is 30.3 Å². The largest absolute Gasteiger partial charge is 0.396 e. The molecular formula is C11H15NO2S. The average molecular weight is 225 g/mol. The Morgan fingerprint density at radius 2 is 2.07 bits per heavy atom. The van der Waals surface area contributed by atoms with Crippen LogP contribution < -0.4 is 5.32 Å². The van der Waals surface area contributed by atoms with Crippen LogP contribution in [0.5, 0.6) is 0 Å². The van der Waals surface area contributed by atoms with Crippen molar-refractivity contribution in [3.8, 4) is 0 Å². The minimum atomic E-state index is 0.0114. The standard InChI is InChI=1S/C11H15NO2S/c13-8-4-7-12-11(14)9-15-10-5-2-1-3-6-10/h1-3,5-6,13H,4,7-9H2,(H,12,14). The second-order valence-corrected chi connectivity index (χ2v) is 4.08. The maximum Gasteiger partial charge on any atom is 0.230 e. The summed E-state index contributed by atoms with van der Waals surface area (Å²) in [6, 6.07) is 9.81. The Morgan fingerprint density at radius 1 is 1.33 bits per heavy atom. The van der Waals surface area contributed by atoms with Crippen LogP contribution in [0.3, 0.4) is 0 Å². The van der Waals surface area contributed by atoms with Crippen LogP contribution in [0.4, 0.5) is 0 Å². The summed E-state index contributed by atoms with van der Waals surface area (Å²) in [5.41, 5.74) is 0. The highest BCUT2D eigenvalue weighted by Crippen LogP contribution is 2.15. The number of rotatable bonds is 6. The minimum absolute atomic E-state index is 0.0114. The van der Waals surface area contributed by atoms with Crippen molar-refractivity contribution in [2.45, 2.75) is 11.3 Å². The smallest absolute Gasteiger partial charge is 0.230 e. The molecule has 1 aromatic rings. The lowest BCUT2D eigenvalue weighted by Gasteiger charge is -2.03. The van der Waals surface area contributed by atoms with Gasteiger partial charge in [0.1, 0.15) is 0 Å². The number of aliphatic hydroxyl groups excluding tert-OH is 1. The van der Waals surface area contributed by atoms with Crippen LogP contribution in [0.25, 0.3) is 0 Å². The molecule has 0 saturated heterocycles. The fourth-order valence-corrected chi connectivity index (χ4v) is 1.77. The van der Waals surface area contributed by atoms with Gasteiger partial charge in [-0.2, -0.15) is 0 Å². The van der Waals surface area contributed by atoms with Crippen molar-refractivity contribution in [3.63, 3.8) is 0 Å². The minimum Gasteiger partial charge on any atom is -0.396 e. The molecule has 0 aromatic heterocycles. The highest BCUT2D eigenvalue weighted by molar-refractivity contribution is 8.00. The van der Waals surface area contributed by atoms with Gasteiger partial charge in [0.25, 0.3) is 0 Å². The Balaban J connectivity index is 2.17. The number of aliphatic hydroxyl groups is 1. The lowest BCUT2D eigenvalue weighted by atomic mass is 10.4. The molecule has 0 radical (unpaired) electrons. The first-order valence-corrected chi connectivity index (χ1v) is 5.87. The molecule has 0 heterocycles. The molecule has 1 rings (SSSR count). The van der Waals surface area contributed by atoms with Crippen molar-refractivity contribution in [2.24, 2.45) is 0 Å². The van der Waals surface area contributed by atoms with Crippen LogP contribution in [-0.2, 0) is 4.79 Å². The Kier molecular flexibility index (Phi) is 5.88.